The third-order valence-corrected chi connectivity index (χ3v) is 3.81. The van der Waals surface area contributed by atoms with Crippen LogP contribution in [-0.2, 0) is 9.84 Å². The molecule has 1 saturated heterocycles. The first-order valence-electron chi connectivity index (χ1n) is 4.00. The summed E-state index contributed by atoms with van der Waals surface area (Å²) in [4.78, 5) is 0. The Morgan fingerprint density at radius 3 is 2.50 bits per heavy atom. The van der Waals surface area contributed by atoms with Crippen molar-refractivity contribution < 1.29 is 8.42 Å². The molecule has 1 unspecified atom stereocenters. The van der Waals surface area contributed by atoms with Crippen molar-refractivity contribution in [1.29, 1.82) is 0 Å². The molecule has 0 aliphatic carbocycles. The Bertz CT molecular complexity index is 207. The first-order valence-corrected chi connectivity index (χ1v) is 5.96. The van der Waals surface area contributed by atoms with Crippen LogP contribution in [-0.4, -0.2) is 33.0 Å². The summed E-state index contributed by atoms with van der Waals surface area (Å²) < 4.78 is 22.2. The summed E-state index contributed by atoms with van der Waals surface area (Å²) >= 11 is 0. The topological polar surface area (TPSA) is 46.2 Å². The van der Waals surface area contributed by atoms with Crippen LogP contribution in [0.2, 0.25) is 0 Å². The molecule has 3 nitrogen and oxygen atoms in total. The Labute approximate surface area is 80.3 Å². The number of hydrogen-bond acceptors (Lipinski definition) is 3. The molecule has 74 valence electrons. The van der Waals surface area contributed by atoms with Crippen LogP contribution in [0.15, 0.2) is 0 Å². The van der Waals surface area contributed by atoms with Crippen molar-refractivity contribution in [1.82, 2.24) is 5.32 Å². The van der Waals surface area contributed by atoms with Gasteiger partial charge in [0.25, 0.3) is 0 Å². The Morgan fingerprint density at radius 2 is 1.92 bits per heavy atom. The van der Waals surface area contributed by atoms with Gasteiger partial charge in [0.05, 0.1) is 5.25 Å². The largest absolute Gasteiger partial charge is 0.317 e. The number of nitrogens with one attached hydrogen (secondary N) is 1. The molecular weight excluding hydrogens is 198 g/mol. The molecule has 1 heterocycles. The zero-order valence-electron chi connectivity index (χ0n) is 7.25. The SMILES string of the molecule is CS(=O)(=O)C1CCCNCC1.Cl. The van der Waals surface area contributed by atoms with Crippen LogP contribution in [0.5, 0.6) is 0 Å². The van der Waals surface area contributed by atoms with Gasteiger partial charge in [0.15, 0.2) is 0 Å². The van der Waals surface area contributed by atoms with Gasteiger partial charge in [-0.25, -0.2) is 8.42 Å². The number of hydrogen-bond donors (Lipinski definition) is 1. The lowest BCUT2D eigenvalue weighted by molar-refractivity contribution is 0.572. The van der Waals surface area contributed by atoms with Gasteiger partial charge in [-0.15, -0.1) is 12.4 Å². The number of halogens is 1. The average Bonchev–Trinajstić information content (AvgIpc) is 2.10. The van der Waals surface area contributed by atoms with E-state index in [4.69, 9.17) is 0 Å². The molecule has 1 N–H and O–H groups in total. The zero-order valence-corrected chi connectivity index (χ0v) is 8.88. The van der Waals surface area contributed by atoms with Crippen LogP contribution in [0.4, 0.5) is 0 Å². The summed E-state index contributed by atoms with van der Waals surface area (Å²) in [5.74, 6) is 0. The average molecular weight is 214 g/mol. The fraction of sp³-hybridized carbons (Fsp3) is 1.00. The lowest BCUT2D eigenvalue weighted by atomic mass is 10.2. The van der Waals surface area contributed by atoms with Crippen LogP contribution >= 0.6 is 12.4 Å². The predicted molar refractivity (Wildman–Crippen MR) is 52.6 cm³/mol. The second-order valence-corrected chi connectivity index (χ2v) is 5.46. The van der Waals surface area contributed by atoms with Gasteiger partial charge < -0.3 is 5.32 Å². The lowest BCUT2D eigenvalue weighted by Crippen LogP contribution is -2.21. The van der Waals surface area contributed by atoms with Crippen LogP contribution in [0.1, 0.15) is 19.3 Å². The smallest absolute Gasteiger partial charge is 0.150 e. The van der Waals surface area contributed by atoms with E-state index in [1.165, 1.54) is 6.26 Å². The molecule has 0 aromatic rings. The van der Waals surface area contributed by atoms with Gasteiger partial charge in [0, 0.05) is 6.26 Å². The van der Waals surface area contributed by atoms with Gasteiger partial charge >= 0.3 is 0 Å². The molecule has 0 bridgehead atoms. The van der Waals surface area contributed by atoms with E-state index in [2.05, 4.69) is 5.32 Å². The fourth-order valence-electron chi connectivity index (χ4n) is 1.42. The maximum absolute atomic E-state index is 11.1. The van der Waals surface area contributed by atoms with Crippen molar-refractivity contribution in [3.63, 3.8) is 0 Å². The van der Waals surface area contributed by atoms with Crippen molar-refractivity contribution in [2.24, 2.45) is 0 Å². The Balaban J connectivity index is 0.00000121. The highest BCUT2D eigenvalue weighted by molar-refractivity contribution is 7.91. The summed E-state index contributed by atoms with van der Waals surface area (Å²) in [5, 5.41) is 3.09. The molecule has 0 aromatic heterocycles. The van der Waals surface area contributed by atoms with E-state index >= 15 is 0 Å². The van der Waals surface area contributed by atoms with Gasteiger partial charge in [-0.05, 0) is 32.4 Å². The second-order valence-electron chi connectivity index (χ2n) is 3.13. The van der Waals surface area contributed by atoms with E-state index in [9.17, 15) is 8.42 Å². The molecule has 0 saturated carbocycles. The normalized spacial score (nSPS) is 25.6. The number of sulfone groups is 1. The molecule has 1 aliphatic heterocycles. The maximum atomic E-state index is 11.1. The molecular formula is C7H16ClNO2S. The number of rotatable bonds is 1. The van der Waals surface area contributed by atoms with Crippen LogP contribution in [0.3, 0.4) is 0 Å². The van der Waals surface area contributed by atoms with Gasteiger partial charge in [-0.3, -0.25) is 0 Å². The quantitative estimate of drug-likeness (QED) is 0.694. The molecule has 0 aromatic carbocycles. The van der Waals surface area contributed by atoms with E-state index in [0.717, 1.165) is 32.4 Å². The van der Waals surface area contributed by atoms with Gasteiger partial charge in [-0.1, -0.05) is 0 Å². The van der Waals surface area contributed by atoms with E-state index in [1.807, 2.05) is 0 Å². The highest BCUT2D eigenvalue weighted by Crippen LogP contribution is 2.12. The molecule has 0 radical (unpaired) electrons. The van der Waals surface area contributed by atoms with Gasteiger partial charge in [0.1, 0.15) is 9.84 Å². The minimum atomic E-state index is -2.79. The maximum Gasteiger partial charge on any atom is 0.150 e. The summed E-state index contributed by atoms with van der Waals surface area (Å²) in [6.45, 7) is 1.81. The third-order valence-electron chi connectivity index (χ3n) is 2.13. The first-order chi connectivity index (χ1) is 5.11. The Kier molecular flexibility index (Phi) is 5.13. The van der Waals surface area contributed by atoms with Gasteiger partial charge in [0.2, 0.25) is 0 Å². The van der Waals surface area contributed by atoms with Crippen LogP contribution < -0.4 is 5.32 Å². The first kappa shape index (κ1) is 12.2. The summed E-state index contributed by atoms with van der Waals surface area (Å²) in [6.07, 6.45) is 3.92. The molecule has 1 fully saturated rings. The molecule has 1 atom stereocenters. The van der Waals surface area contributed by atoms with Crippen molar-refractivity contribution >= 4 is 22.2 Å². The molecule has 0 amide bonds. The standard InChI is InChI=1S/C7H15NO2S.ClH/c1-11(9,10)7-3-2-5-8-6-4-7;/h7-8H,2-6H2,1H3;1H. The van der Waals surface area contributed by atoms with E-state index in [-0.39, 0.29) is 17.7 Å². The highest BCUT2D eigenvalue weighted by Gasteiger charge is 2.21. The Hall–Kier alpha value is 0.200. The summed E-state index contributed by atoms with van der Waals surface area (Å²) in [5.41, 5.74) is 0. The van der Waals surface area contributed by atoms with Crippen molar-refractivity contribution in [2.75, 3.05) is 19.3 Å². The predicted octanol–water partition coefficient (Wildman–Crippen LogP) is 0.595. The Morgan fingerprint density at radius 1 is 1.25 bits per heavy atom. The van der Waals surface area contributed by atoms with Crippen LogP contribution in [0.25, 0.3) is 0 Å². The molecule has 1 rings (SSSR count). The second kappa shape index (κ2) is 5.04. The van der Waals surface area contributed by atoms with Crippen LogP contribution in [0, 0.1) is 0 Å². The van der Waals surface area contributed by atoms with Crippen molar-refractivity contribution in [2.45, 2.75) is 24.5 Å². The summed E-state index contributed by atoms with van der Waals surface area (Å²) in [6, 6.07) is 0. The molecule has 1 aliphatic rings. The molecule has 12 heavy (non-hydrogen) atoms. The monoisotopic (exact) mass is 213 g/mol. The van der Waals surface area contributed by atoms with Gasteiger partial charge in [-0.2, -0.15) is 0 Å². The van der Waals surface area contributed by atoms with Crippen molar-refractivity contribution in [3.8, 4) is 0 Å². The van der Waals surface area contributed by atoms with Crippen molar-refractivity contribution in [3.05, 3.63) is 0 Å². The highest BCUT2D eigenvalue weighted by atomic mass is 35.5. The minimum absolute atomic E-state index is 0. The zero-order chi connectivity index (χ0) is 8.32. The third kappa shape index (κ3) is 3.74. The lowest BCUT2D eigenvalue weighted by Gasteiger charge is -2.09. The summed E-state index contributed by atoms with van der Waals surface area (Å²) in [7, 11) is -2.79. The molecule has 0 spiro atoms. The fourth-order valence-corrected chi connectivity index (χ4v) is 2.56. The van der Waals surface area contributed by atoms with E-state index in [0.29, 0.717) is 0 Å². The minimum Gasteiger partial charge on any atom is -0.317 e. The molecule has 5 heteroatoms. The van der Waals surface area contributed by atoms with E-state index < -0.39 is 9.84 Å². The van der Waals surface area contributed by atoms with E-state index in [1.54, 1.807) is 0 Å².